The summed E-state index contributed by atoms with van der Waals surface area (Å²) in [5.41, 5.74) is 5.90. The molecule has 1 aliphatic carbocycles. The van der Waals surface area contributed by atoms with Gasteiger partial charge in [0.1, 0.15) is 0 Å². The number of nitrogens with two attached hydrogens (primary N) is 1. The van der Waals surface area contributed by atoms with E-state index in [1.165, 1.54) is 0 Å². The van der Waals surface area contributed by atoms with Crippen molar-refractivity contribution in [1.29, 1.82) is 0 Å². The lowest BCUT2D eigenvalue weighted by atomic mass is 9.74. The third-order valence-corrected chi connectivity index (χ3v) is 4.86. The van der Waals surface area contributed by atoms with E-state index < -0.39 is 0 Å². The Morgan fingerprint density at radius 3 is 2.40 bits per heavy atom. The fourth-order valence-corrected chi connectivity index (χ4v) is 3.43. The molecular formula is C15H27N3O2. The molecule has 2 amide bonds. The summed E-state index contributed by atoms with van der Waals surface area (Å²) in [5.74, 6) is 0.162. The third kappa shape index (κ3) is 3.51. The number of hydrogen-bond donors (Lipinski definition) is 2. The van der Waals surface area contributed by atoms with E-state index in [1.54, 1.807) is 6.92 Å². The van der Waals surface area contributed by atoms with Gasteiger partial charge in [-0.05, 0) is 32.6 Å². The van der Waals surface area contributed by atoms with Crippen LogP contribution in [0.2, 0.25) is 0 Å². The van der Waals surface area contributed by atoms with Gasteiger partial charge in [-0.3, -0.25) is 9.59 Å². The first kappa shape index (κ1) is 15.3. The number of carbonyl (C=O) groups excluding carboxylic acids is 2. The second-order valence-electron chi connectivity index (χ2n) is 6.59. The number of hydrogen-bond acceptors (Lipinski definition) is 3. The summed E-state index contributed by atoms with van der Waals surface area (Å²) in [6.45, 7) is 5.07. The number of likely N-dealkylation sites (tertiary alicyclic amines) is 1. The monoisotopic (exact) mass is 281 g/mol. The minimum Gasteiger partial charge on any atom is -0.353 e. The van der Waals surface area contributed by atoms with E-state index in [0.29, 0.717) is 0 Å². The third-order valence-electron chi connectivity index (χ3n) is 4.86. The van der Waals surface area contributed by atoms with E-state index in [9.17, 15) is 9.59 Å². The lowest BCUT2D eigenvalue weighted by Gasteiger charge is -2.39. The van der Waals surface area contributed by atoms with Crippen LogP contribution in [0, 0.1) is 5.92 Å². The normalized spacial score (nSPS) is 31.9. The predicted octanol–water partition coefficient (Wildman–Crippen LogP) is 1.02. The average Bonchev–Trinajstić information content (AvgIpc) is 2.38. The van der Waals surface area contributed by atoms with Crippen molar-refractivity contribution in [2.24, 2.45) is 11.7 Å². The molecule has 2 rings (SSSR count). The van der Waals surface area contributed by atoms with Crippen molar-refractivity contribution >= 4 is 11.8 Å². The highest BCUT2D eigenvalue weighted by Gasteiger charge is 2.38. The average molecular weight is 281 g/mol. The van der Waals surface area contributed by atoms with Crippen molar-refractivity contribution in [3.63, 3.8) is 0 Å². The Hall–Kier alpha value is -1.10. The molecule has 1 heterocycles. The first-order chi connectivity index (χ1) is 9.40. The van der Waals surface area contributed by atoms with Crippen molar-refractivity contribution < 1.29 is 9.59 Å². The maximum absolute atomic E-state index is 12.4. The second kappa shape index (κ2) is 6.12. The van der Waals surface area contributed by atoms with Gasteiger partial charge in [0, 0.05) is 31.6 Å². The largest absolute Gasteiger partial charge is 0.353 e. The quantitative estimate of drug-likeness (QED) is 0.793. The molecule has 2 atom stereocenters. The second-order valence-corrected chi connectivity index (χ2v) is 6.59. The zero-order chi connectivity index (χ0) is 14.8. The standard InChI is InChI=1S/C15H27N3O2/c1-11(19)18-9-6-12(7-10-18)17-14(20)13-5-3-4-8-15(13,2)16/h12-13H,3-10,16H2,1-2H3,(H,17,20). The summed E-state index contributed by atoms with van der Waals surface area (Å²) < 4.78 is 0. The number of nitrogens with one attached hydrogen (secondary N) is 1. The zero-order valence-electron chi connectivity index (χ0n) is 12.7. The summed E-state index contributed by atoms with van der Waals surface area (Å²) in [6.07, 6.45) is 5.72. The molecule has 1 saturated heterocycles. The van der Waals surface area contributed by atoms with E-state index in [0.717, 1.165) is 51.6 Å². The molecule has 0 aromatic rings. The summed E-state index contributed by atoms with van der Waals surface area (Å²) in [7, 11) is 0. The topological polar surface area (TPSA) is 75.4 Å². The van der Waals surface area contributed by atoms with E-state index in [1.807, 2.05) is 11.8 Å². The zero-order valence-corrected chi connectivity index (χ0v) is 12.7. The van der Waals surface area contributed by atoms with E-state index >= 15 is 0 Å². The van der Waals surface area contributed by atoms with E-state index in [4.69, 9.17) is 5.73 Å². The number of piperidine rings is 1. The minimum atomic E-state index is -0.373. The van der Waals surface area contributed by atoms with E-state index in [2.05, 4.69) is 5.32 Å². The lowest BCUT2D eigenvalue weighted by Crippen LogP contribution is -2.55. The molecule has 2 aliphatic rings. The van der Waals surface area contributed by atoms with Crippen molar-refractivity contribution in [2.45, 2.75) is 64.0 Å². The molecule has 1 saturated carbocycles. The van der Waals surface area contributed by atoms with Gasteiger partial charge in [0.2, 0.25) is 11.8 Å². The van der Waals surface area contributed by atoms with Gasteiger partial charge in [0.25, 0.3) is 0 Å². The Labute approximate surface area is 121 Å². The highest BCUT2D eigenvalue weighted by atomic mass is 16.2. The van der Waals surface area contributed by atoms with Crippen LogP contribution in [-0.4, -0.2) is 41.4 Å². The molecule has 2 unspecified atom stereocenters. The first-order valence-electron chi connectivity index (χ1n) is 7.75. The lowest BCUT2D eigenvalue weighted by molar-refractivity contribution is -0.130. The Morgan fingerprint density at radius 1 is 1.20 bits per heavy atom. The van der Waals surface area contributed by atoms with Gasteiger partial charge < -0.3 is 16.0 Å². The molecule has 0 aromatic carbocycles. The maximum atomic E-state index is 12.4. The van der Waals surface area contributed by atoms with Crippen LogP contribution < -0.4 is 11.1 Å². The van der Waals surface area contributed by atoms with Crippen LogP contribution in [0.15, 0.2) is 0 Å². The van der Waals surface area contributed by atoms with Gasteiger partial charge in [-0.25, -0.2) is 0 Å². The van der Waals surface area contributed by atoms with Crippen LogP contribution in [0.4, 0.5) is 0 Å². The van der Waals surface area contributed by atoms with Crippen LogP contribution in [-0.2, 0) is 9.59 Å². The van der Waals surface area contributed by atoms with Gasteiger partial charge in [-0.1, -0.05) is 12.8 Å². The first-order valence-corrected chi connectivity index (χ1v) is 7.75. The van der Waals surface area contributed by atoms with E-state index in [-0.39, 0.29) is 29.3 Å². The van der Waals surface area contributed by atoms with Gasteiger partial charge >= 0.3 is 0 Å². The Morgan fingerprint density at radius 2 is 1.85 bits per heavy atom. The highest BCUT2D eigenvalue weighted by molar-refractivity contribution is 5.80. The van der Waals surface area contributed by atoms with Crippen LogP contribution in [0.5, 0.6) is 0 Å². The molecule has 5 nitrogen and oxygen atoms in total. The fourth-order valence-electron chi connectivity index (χ4n) is 3.43. The molecule has 20 heavy (non-hydrogen) atoms. The summed E-state index contributed by atoms with van der Waals surface area (Å²) in [5, 5.41) is 3.15. The van der Waals surface area contributed by atoms with Crippen molar-refractivity contribution in [2.75, 3.05) is 13.1 Å². The Kier molecular flexibility index (Phi) is 4.68. The van der Waals surface area contributed by atoms with Crippen molar-refractivity contribution in [3.05, 3.63) is 0 Å². The van der Waals surface area contributed by atoms with Gasteiger partial charge in [0.05, 0.1) is 5.92 Å². The molecule has 1 aliphatic heterocycles. The Bertz CT molecular complexity index is 373. The van der Waals surface area contributed by atoms with Crippen molar-refractivity contribution in [1.82, 2.24) is 10.2 Å². The van der Waals surface area contributed by atoms with Crippen LogP contribution in [0.1, 0.15) is 52.4 Å². The SMILES string of the molecule is CC(=O)N1CCC(NC(=O)C2CCCCC2(C)N)CC1. The molecular weight excluding hydrogens is 254 g/mol. The van der Waals surface area contributed by atoms with Gasteiger partial charge in [-0.2, -0.15) is 0 Å². The molecule has 114 valence electrons. The van der Waals surface area contributed by atoms with Crippen molar-refractivity contribution in [3.8, 4) is 0 Å². The summed E-state index contributed by atoms with van der Waals surface area (Å²) in [4.78, 5) is 25.6. The highest BCUT2D eigenvalue weighted by Crippen LogP contribution is 2.31. The summed E-state index contributed by atoms with van der Waals surface area (Å²) >= 11 is 0. The molecule has 3 N–H and O–H groups in total. The predicted molar refractivity (Wildman–Crippen MR) is 78.0 cm³/mol. The van der Waals surface area contributed by atoms with Crippen LogP contribution in [0.25, 0.3) is 0 Å². The summed E-state index contributed by atoms with van der Waals surface area (Å²) in [6, 6.07) is 0.191. The maximum Gasteiger partial charge on any atom is 0.225 e. The fraction of sp³-hybridized carbons (Fsp3) is 0.867. The van der Waals surface area contributed by atoms with Gasteiger partial charge in [-0.15, -0.1) is 0 Å². The molecule has 0 aromatic heterocycles. The molecule has 0 spiro atoms. The molecule has 0 radical (unpaired) electrons. The van der Waals surface area contributed by atoms with Crippen LogP contribution >= 0.6 is 0 Å². The Balaban J connectivity index is 1.84. The van der Waals surface area contributed by atoms with Gasteiger partial charge in [0.15, 0.2) is 0 Å². The number of carbonyl (C=O) groups is 2. The number of nitrogens with zero attached hydrogens (tertiary/aromatic N) is 1. The molecule has 5 heteroatoms. The van der Waals surface area contributed by atoms with Crippen LogP contribution in [0.3, 0.4) is 0 Å². The number of amides is 2. The molecule has 0 bridgehead atoms. The smallest absolute Gasteiger partial charge is 0.225 e. The molecule has 2 fully saturated rings. The minimum absolute atomic E-state index is 0.0675. The number of rotatable bonds is 2.